The number of rotatable bonds is 6. The molecule has 0 rings (SSSR count). The largest absolute Gasteiger partial charge is 0.388 e. The molecule has 0 radical (unpaired) electrons. The molecule has 0 spiro atoms. The van der Waals surface area contributed by atoms with Gasteiger partial charge in [-0.2, -0.15) is 0 Å². The zero-order valence-corrected chi connectivity index (χ0v) is 10.4. The minimum absolute atomic E-state index is 0.378. The Morgan fingerprint density at radius 3 is 2.36 bits per heavy atom. The van der Waals surface area contributed by atoms with Gasteiger partial charge in [-0.05, 0) is 25.7 Å². The van der Waals surface area contributed by atoms with Crippen molar-refractivity contribution in [2.24, 2.45) is 5.41 Å². The van der Waals surface area contributed by atoms with Crippen LogP contribution in [0.15, 0.2) is 23.9 Å². The molecule has 0 aliphatic carbocycles. The van der Waals surface area contributed by atoms with Crippen molar-refractivity contribution in [2.45, 2.75) is 47.5 Å². The van der Waals surface area contributed by atoms with Gasteiger partial charge in [-0.1, -0.05) is 39.0 Å². The molecule has 0 unspecified atom stereocenters. The Morgan fingerprint density at radius 1 is 1.43 bits per heavy atom. The lowest BCUT2D eigenvalue weighted by Gasteiger charge is -2.24. The minimum atomic E-state index is 0.378. The molecule has 1 heteroatoms. The van der Waals surface area contributed by atoms with E-state index in [0.29, 0.717) is 5.41 Å². The Kier molecular flexibility index (Phi) is 5.59. The maximum Gasteiger partial charge on any atom is 0.0195 e. The molecule has 0 aromatic rings. The first-order valence-electron chi connectivity index (χ1n) is 5.44. The average Bonchev–Trinajstić information content (AvgIpc) is 2.12. The minimum Gasteiger partial charge on any atom is -0.388 e. The van der Waals surface area contributed by atoms with Gasteiger partial charge in [0.1, 0.15) is 0 Å². The highest BCUT2D eigenvalue weighted by Gasteiger charge is 2.14. The Bertz CT molecular complexity index is 211. The molecule has 1 nitrogen and oxygen atoms in total. The fraction of sp³-hybridized carbons (Fsp3) is 0.692. The smallest absolute Gasteiger partial charge is 0.0195 e. The summed E-state index contributed by atoms with van der Waals surface area (Å²) >= 11 is 0. The molecule has 0 aliphatic heterocycles. The molecule has 0 aromatic carbocycles. The molecule has 1 N–H and O–H groups in total. The summed E-state index contributed by atoms with van der Waals surface area (Å²) in [5, 5.41) is 3.49. The van der Waals surface area contributed by atoms with Gasteiger partial charge in [-0.3, -0.25) is 0 Å². The molecule has 0 aromatic heterocycles. The standard InChI is InChI=1S/C13H25N/c1-7-12(9-11(3)4)14-10-13(5,6)8-2/h7,14H,3,8-10H2,1-2,4-6H3/b12-7-. The maximum atomic E-state index is 3.93. The molecular weight excluding hydrogens is 170 g/mol. The molecule has 14 heavy (non-hydrogen) atoms. The molecule has 0 amide bonds. The quantitative estimate of drug-likeness (QED) is 0.634. The fourth-order valence-electron chi connectivity index (χ4n) is 1.07. The lowest BCUT2D eigenvalue weighted by atomic mass is 9.90. The van der Waals surface area contributed by atoms with Gasteiger partial charge in [-0.15, -0.1) is 0 Å². The van der Waals surface area contributed by atoms with Crippen molar-refractivity contribution in [3.8, 4) is 0 Å². The van der Waals surface area contributed by atoms with Crippen molar-refractivity contribution in [1.82, 2.24) is 5.32 Å². The summed E-state index contributed by atoms with van der Waals surface area (Å²) in [4.78, 5) is 0. The van der Waals surface area contributed by atoms with E-state index in [9.17, 15) is 0 Å². The normalized spacial score (nSPS) is 12.8. The van der Waals surface area contributed by atoms with E-state index in [-0.39, 0.29) is 0 Å². The molecule has 0 fully saturated rings. The van der Waals surface area contributed by atoms with Gasteiger partial charge in [0.15, 0.2) is 0 Å². The fourth-order valence-corrected chi connectivity index (χ4v) is 1.07. The first-order chi connectivity index (χ1) is 6.41. The van der Waals surface area contributed by atoms with Crippen LogP contribution in [0.25, 0.3) is 0 Å². The van der Waals surface area contributed by atoms with E-state index < -0.39 is 0 Å². The van der Waals surface area contributed by atoms with Gasteiger partial charge in [-0.25, -0.2) is 0 Å². The summed E-state index contributed by atoms with van der Waals surface area (Å²) in [5.74, 6) is 0. The molecular formula is C13H25N. The third-order valence-corrected chi connectivity index (χ3v) is 2.59. The Morgan fingerprint density at radius 2 is 2.00 bits per heavy atom. The van der Waals surface area contributed by atoms with Crippen LogP contribution in [0.5, 0.6) is 0 Å². The summed E-state index contributed by atoms with van der Waals surface area (Å²) in [6.07, 6.45) is 4.31. The SMILES string of the molecule is C=C(C)C/C(=C/C)NCC(C)(C)CC. The van der Waals surface area contributed by atoms with Gasteiger partial charge in [0.25, 0.3) is 0 Å². The average molecular weight is 195 g/mol. The van der Waals surface area contributed by atoms with Crippen LogP contribution in [0, 0.1) is 5.41 Å². The predicted molar refractivity (Wildman–Crippen MR) is 65.3 cm³/mol. The van der Waals surface area contributed by atoms with Gasteiger partial charge >= 0.3 is 0 Å². The van der Waals surface area contributed by atoms with E-state index >= 15 is 0 Å². The van der Waals surface area contributed by atoms with Crippen LogP contribution in [0.4, 0.5) is 0 Å². The van der Waals surface area contributed by atoms with E-state index in [2.05, 4.69) is 52.6 Å². The van der Waals surface area contributed by atoms with Crippen molar-refractivity contribution in [3.63, 3.8) is 0 Å². The van der Waals surface area contributed by atoms with Crippen molar-refractivity contribution < 1.29 is 0 Å². The molecule has 82 valence electrons. The van der Waals surface area contributed by atoms with Crippen LogP contribution in [0.3, 0.4) is 0 Å². The zero-order valence-electron chi connectivity index (χ0n) is 10.4. The highest BCUT2D eigenvalue weighted by molar-refractivity contribution is 5.09. The first-order valence-corrected chi connectivity index (χ1v) is 5.44. The topological polar surface area (TPSA) is 12.0 Å². The van der Waals surface area contributed by atoms with Crippen molar-refractivity contribution >= 4 is 0 Å². The second-order valence-electron chi connectivity index (χ2n) is 4.82. The van der Waals surface area contributed by atoms with Crippen molar-refractivity contribution in [2.75, 3.05) is 6.54 Å². The van der Waals surface area contributed by atoms with E-state index in [1.165, 1.54) is 17.7 Å². The van der Waals surface area contributed by atoms with Crippen LogP contribution < -0.4 is 5.32 Å². The Hall–Kier alpha value is -0.720. The van der Waals surface area contributed by atoms with E-state index in [1.54, 1.807) is 0 Å². The van der Waals surface area contributed by atoms with E-state index in [4.69, 9.17) is 0 Å². The monoisotopic (exact) mass is 195 g/mol. The summed E-state index contributed by atoms with van der Waals surface area (Å²) in [5.41, 5.74) is 2.88. The van der Waals surface area contributed by atoms with Crippen molar-refractivity contribution in [1.29, 1.82) is 0 Å². The summed E-state index contributed by atoms with van der Waals surface area (Å²) in [6, 6.07) is 0. The zero-order chi connectivity index (χ0) is 11.2. The van der Waals surface area contributed by atoms with E-state index in [1.807, 2.05) is 0 Å². The van der Waals surface area contributed by atoms with Crippen LogP contribution in [-0.2, 0) is 0 Å². The second kappa shape index (κ2) is 5.90. The molecule has 0 heterocycles. The summed E-state index contributed by atoms with van der Waals surface area (Å²) < 4.78 is 0. The Labute approximate surface area is 89.3 Å². The van der Waals surface area contributed by atoms with E-state index in [0.717, 1.165) is 13.0 Å². The number of nitrogens with one attached hydrogen (secondary N) is 1. The molecule has 0 atom stereocenters. The van der Waals surface area contributed by atoms with Crippen LogP contribution in [-0.4, -0.2) is 6.54 Å². The number of allylic oxidation sites excluding steroid dienone is 2. The highest BCUT2D eigenvalue weighted by Crippen LogP contribution is 2.19. The molecule has 0 saturated carbocycles. The van der Waals surface area contributed by atoms with Gasteiger partial charge in [0, 0.05) is 18.7 Å². The third-order valence-electron chi connectivity index (χ3n) is 2.59. The summed E-state index contributed by atoms with van der Waals surface area (Å²) in [6.45, 7) is 15.9. The van der Waals surface area contributed by atoms with Crippen LogP contribution >= 0.6 is 0 Å². The lowest BCUT2D eigenvalue weighted by Crippen LogP contribution is -2.28. The van der Waals surface area contributed by atoms with Crippen molar-refractivity contribution in [3.05, 3.63) is 23.9 Å². The predicted octanol–water partition coefficient (Wildman–Crippen LogP) is 3.88. The van der Waals surface area contributed by atoms with Gasteiger partial charge in [0.05, 0.1) is 0 Å². The first kappa shape index (κ1) is 13.3. The van der Waals surface area contributed by atoms with Gasteiger partial charge < -0.3 is 5.32 Å². The molecule has 0 aliphatic rings. The van der Waals surface area contributed by atoms with Crippen LogP contribution in [0.1, 0.15) is 47.5 Å². The highest BCUT2D eigenvalue weighted by atomic mass is 14.9. The summed E-state index contributed by atoms with van der Waals surface area (Å²) in [7, 11) is 0. The third kappa shape index (κ3) is 5.85. The number of hydrogen-bond donors (Lipinski definition) is 1. The second-order valence-corrected chi connectivity index (χ2v) is 4.82. The molecule has 0 saturated heterocycles. The molecule has 0 bridgehead atoms. The Balaban J connectivity index is 4.03. The maximum absolute atomic E-state index is 3.93. The van der Waals surface area contributed by atoms with Gasteiger partial charge in [0.2, 0.25) is 0 Å². The number of hydrogen-bond acceptors (Lipinski definition) is 1. The van der Waals surface area contributed by atoms with Crippen LogP contribution in [0.2, 0.25) is 0 Å². The lowest BCUT2D eigenvalue weighted by molar-refractivity contribution is 0.339.